The van der Waals surface area contributed by atoms with Gasteiger partial charge < -0.3 is 14.1 Å². The number of thiazole rings is 1. The van der Waals surface area contributed by atoms with E-state index >= 15 is 4.79 Å². The van der Waals surface area contributed by atoms with Crippen molar-refractivity contribution in [2.24, 2.45) is 0 Å². The van der Waals surface area contributed by atoms with Gasteiger partial charge in [0.15, 0.2) is 16.1 Å². The van der Waals surface area contributed by atoms with E-state index < -0.39 is 22.8 Å². The van der Waals surface area contributed by atoms with Gasteiger partial charge in [0, 0.05) is 10.6 Å². The minimum atomic E-state index is -1.86. The van der Waals surface area contributed by atoms with Crippen LogP contribution in [0.25, 0.3) is 21.2 Å². The Labute approximate surface area is 259 Å². The Morgan fingerprint density at radius 2 is 1.73 bits per heavy atom. The Bertz CT molecular complexity index is 2240. The van der Waals surface area contributed by atoms with Crippen LogP contribution in [0.1, 0.15) is 34.2 Å². The third-order valence-electron chi connectivity index (χ3n) is 8.17. The van der Waals surface area contributed by atoms with Crippen molar-refractivity contribution in [1.29, 1.82) is 0 Å². The molecule has 0 N–H and O–H groups in total. The van der Waals surface area contributed by atoms with Crippen molar-refractivity contribution in [3.05, 3.63) is 129 Å². The van der Waals surface area contributed by atoms with E-state index in [-0.39, 0.29) is 34.0 Å². The summed E-state index contributed by atoms with van der Waals surface area (Å²) in [6.07, 6.45) is 0. The highest BCUT2D eigenvalue weighted by atomic mass is 35.5. The molecule has 216 valence electrons. The number of carbonyl (C=O) groups excluding carboxylic acids is 2. The Morgan fingerprint density at radius 3 is 2.57 bits per heavy atom. The molecule has 6 aromatic rings. The second-order valence-corrected chi connectivity index (χ2v) is 12.0. The van der Waals surface area contributed by atoms with Crippen LogP contribution in [0.3, 0.4) is 0 Å². The molecule has 1 atom stereocenters. The van der Waals surface area contributed by atoms with Gasteiger partial charge in [-0.3, -0.25) is 19.3 Å². The van der Waals surface area contributed by atoms with E-state index in [2.05, 4.69) is 0 Å². The predicted octanol–water partition coefficient (Wildman–Crippen LogP) is 6.91. The van der Waals surface area contributed by atoms with Crippen molar-refractivity contribution in [3.63, 3.8) is 0 Å². The lowest BCUT2D eigenvalue weighted by molar-refractivity contribution is -0.121. The molecule has 4 aromatic carbocycles. The highest BCUT2D eigenvalue weighted by Crippen LogP contribution is 2.55. The number of carbonyl (C=O) groups is 2. The molecule has 0 radical (unpaired) electrons. The number of rotatable bonds is 5. The summed E-state index contributed by atoms with van der Waals surface area (Å²) in [4.78, 5) is 51.8. The number of fused-ring (bicyclic) bond motifs is 6. The molecule has 0 bridgehead atoms. The van der Waals surface area contributed by atoms with E-state index in [1.165, 1.54) is 16.2 Å². The van der Waals surface area contributed by atoms with Crippen molar-refractivity contribution in [2.75, 3.05) is 16.4 Å². The number of para-hydroxylation sites is 2. The van der Waals surface area contributed by atoms with Gasteiger partial charge in [0.25, 0.3) is 11.8 Å². The number of anilines is 2. The Balaban J connectivity index is 1.43. The first kappa shape index (κ1) is 26.6. The van der Waals surface area contributed by atoms with Crippen molar-refractivity contribution < 1.29 is 18.7 Å². The number of halogens is 1. The lowest BCUT2D eigenvalue weighted by Gasteiger charge is -2.32. The van der Waals surface area contributed by atoms with E-state index in [4.69, 9.17) is 25.7 Å². The van der Waals surface area contributed by atoms with Gasteiger partial charge in [-0.05, 0) is 55.0 Å². The topological polar surface area (TPSA) is 93.0 Å². The molecule has 2 aromatic heterocycles. The quantitative estimate of drug-likeness (QED) is 0.208. The van der Waals surface area contributed by atoms with Crippen LogP contribution < -0.4 is 20.0 Å². The zero-order chi connectivity index (χ0) is 30.2. The third-order valence-corrected chi connectivity index (χ3v) is 9.54. The largest absolute Gasteiger partial charge is 0.494 e. The first-order valence-electron chi connectivity index (χ1n) is 14.0. The monoisotopic (exact) mass is 619 g/mol. The smallest absolute Gasteiger partial charge is 0.297 e. The molecule has 0 fully saturated rings. The second kappa shape index (κ2) is 9.77. The minimum Gasteiger partial charge on any atom is -0.494 e. The molecular formula is C34H22ClN3O5S. The number of amides is 2. The van der Waals surface area contributed by atoms with Crippen LogP contribution in [-0.2, 0) is 16.9 Å². The maximum Gasteiger partial charge on any atom is 0.297 e. The molecule has 2 aliphatic rings. The number of nitrogens with zero attached hydrogens (tertiary/aromatic N) is 3. The van der Waals surface area contributed by atoms with Gasteiger partial charge in [0.05, 0.1) is 40.0 Å². The summed E-state index contributed by atoms with van der Waals surface area (Å²) in [6, 6.07) is 26.7. The summed E-state index contributed by atoms with van der Waals surface area (Å²) < 4.78 is 12.6. The predicted molar refractivity (Wildman–Crippen MR) is 170 cm³/mol. The molecule has 2 aliphatic heterocycles. The van der Waals surface area contributed by atoms with E-state index in [1.807, 2.05) is 55.5 Å². The van der Waals surface area contributed by atoms with Crippen LogP contribution in [0, 0.1) is 0 Å². The normalized spacial score (nSPS) is 17.2. The van der Waals surface area contributed by atoms with Gasteiger partial charge in [-0.2, -0.15) is 0 Å². The van der Waals surface area contributed by atoms with E-state index in [1.54, 1.807) is 47.4 Å². The fourth-order valence-corrected chi connectivity index (χ4v) is 7.55. The van der Waals surface area contributed by atoms with Crippen LogP contribution in [0.2, 0.25) is 5.02 Å². The fraction of sp³-hybridized carbons (Fsp3) is 0.118. The molecule has 0 saturated carbocycles. The van der Waals surface area contributed by atoms with Gasteiger partial charge in [-0.15, -0.1) is 0 Å². The molecule has 0 saturated heterocycles. The molecule has 1 unspecified atom stereocenters. The van der Waals surface area contributed by atoms with Crippen LogP contribution in [0.4, 0.5) is 10.8 Å². The van der Waals surface area contributed by atoms with Gasteiger partial charge in [-0.25, -0.2) is 4.98 Å². The molecule has 8 rings (SSSR count). The molecule has 10 heteroatoms. The molecule has 0 aliphatic carbocycles. The summed E-state index contributed by atoms with van der Waals surface area (Å²) in [6.45, 7) is 2.52. The first-order valence-corrected chi connectivity index (χ1v) is 15.2. The highest BCUT2D eigenvalue weighted by molar-refractivity contribution is 7.22. The number of hydrogen-bond donors (Lipinski definition) is 0. The molecular weight excluding hydrogens is 598 g/mol. The van der Waals surface area contributed by atoms with Crippen LogP contribution in [0.5, 0.6) is 5.75 Å². The summed E-state index contributed by atoms with van der Waals surface area (Å²) in [5.74, 6) is -0.597. The van der Waals surface area contributed by atoms with Crippen molar-refractivity contribution in [3.8, 4) is 5.75 Å². The van der Waals surface area contributed by atoms with Gasteiger partial charge in [-0.1, -0.05) is 71.5 Å². The van der Waals surface area contributed by atoms with Crippen molar-refractivity contribution >= 4 is 66.8 Å². The van der Waals surface area contributed by atoms with Crippen molar-refractivity contribution in [1.82, 2.24) is 4.98 Å². The average molecular weight is 620 g/mol. The summed E-state index contributed by atoms with van der Waals surface area (Å²) in [7, 11) is 0. The van der Waals surface area contributed by atoms with Gasteiger partial charge >= 0.3 is 0 Å². The van der Waals surface area contributed by atoms with Gasteiger partial charge in [0.2, 0.25) is 5.76 Å². The molecule has 44 heavy (non-hydrogen) atoms. The lowest BCUT2D eigenvalue weighted by Crippen LogP contribution is -2.53. The number of hydrogen-bond acceptors (Lipinski definition) is 7. The standard InChI is InChI=1S/C34H22ClN3O5S/c1-2-42-20-15-16-24-27(17-20)44-33(36-24)38-31(40)30-28(29(39)21-10-4-8-14-26(21)43-30)34(38)22-11-5-7-13-25(22)37(32(34)41)18-19-9-3-6-12-23(19)35/h3-17H,2,18H2,1H3. The van der Waals surface area contributed by atoms with Gasteiger partial charge in [0.1, 0.15) is 11.3 Å². The Hall–Kier alpha value is -4.99. The molecule has 2 amide bonds. The average Bonchev–Trinajstić information content (AvgIpc) is 3.64. The minimum absolute atomic E-state index is 0.0189. The maximum atomic E-state index is 15.1. The van der Waals surface area contributed by atoms with E-state index in [9.17, 15) is 9.59 Å². The lowest BCUT2D eigenvalue weighted by atomic mass is 9.84. The van der Waals surface area contributed by atoms with Crippen LogP contribution in [-0.4, -0.2) is 23.4 Å². The van der Waals surface area contributed by atoms with E-state index in [0.717, 1.165) is 10.3 Å². The van der Waals surface area contributed by atoms with Crippen LogP contribution >= 0.6 is 22.9 Å². The fourth-order valence-electron chi connectivity index (χ4n) is 6.31. The number of benzene rings is 4. The van der Waals surface area contributed by atoms with E-state index in [0.29, 0.717) is 34.1 Å². The Morgan fingerprint density at radius 1 is 0.955 bits per heavy atom. The Kier molecular flexibility index (Phi) is 5.91. The SMILES string of the molecule is CCOc1ccc2nc(N3C(=O)c4oc5ccccc5c(=O)c4C34C(=O)N(Cc3ccccc3Cl)c3ccccc34)sc2c1. The van der Waals surface area contributed by atoms with Crippen molar-refractivity contribution in [2.45, 2.75) is 19.0 Å². The molecule has 8 nitrogen and oxygen atoms in total. The molecule has 4 heterocycles. The number of ether oxygens (including phenoxy) is 1. The highest BCUT2D eigenvalue weighted by Gasteiger charge is 2.66. The molecule has 1 spiro atoms. The third kappa shape index (κ3) is 3.57. The summed E-state index contributed by atoms with van der Waals surface area (Å²) >= 11 is 7.78. The first-order chi connectivity index (χ1) is 21.4. The maximum absolute atomic E-state index is 15.1. The second-order valence-electron chi connectivity index (χ2n) is 10.5. The zero-order valence-electron chi connectivity index (χ0n) is 23.2. The number of aromatic nitrogens is 1. The summed E-state index contributed by atoms with van der Waals surface area (Å²) in [5.41, 5.74) is 0.346. The summed E-state index contributed by atoms with van der Waals surface area (Å²) in [5, 5.41) is 1.04. The zero-order valence-corrected chi connectivity index (χ0v) is 24.8. The van der Waals surface area contributed by atoms with Crippen LogP contribution in [0.15, 0.2) is 100 Å².